The molecule has 17 heavy (non-hydrogen) atoms. The summed E-state index contributed by atoms with van der Waals surface area (Å²) >= 11 is 0. The summed E-state index contributed by atoms with van der Waals surface area (Å²) < 4.78 is 41.0. The first-order valence-corrected chi connectivity index (χ1v) is 6.46. The Kier molecular flexibility index (Phi) is 2.33. The Labute approximate surface area is 98.3 Å². The van der Waals surface area contributed by atoms with Crippen molar-refractivity contribution in [2.45, 2.75) is 6.01 Å². The fourth-order valence-corrected chi connectivity index (χ4v) is 3.90. The molecular formula is C13H8F3S+. The minimum atomic E-state index is -0.701. The van der Waals surface area contributed by atoms with Crippen molar-refractivity contribution in [1.29, 1.82) is 0 Å². The van der Waals surface area contributed by atoms with E-state index in [1.54, 1.807) is 12.1 Å². The molecule has 2 aromatic carbocycles. The minimum Gasteiger partial charge on any atom is -0.207 e. The number of benzene rings is 2. The molecule has 0 saturated carbocycles. The molecule has 4 heteroatoms. The van der Waals surface area contributed by atoms with Crippen LogP contribution in [0.5, 0.6) is 0 Å². The first kappa shape index (κ1) is 10.6. The Morgan fingerprint density at radius 3 is 1.71 bits per heavy atom. The molecule has 0 radical (unpaired) electrons. The zero-order valence-corrected chi connectivity index (χ0v) is 9.53. The number of fused-ring (bicyclic) bond motifs is 3. The predicted molar refractivity (Wildman–Crippen MR) is 65.0 cm³/mol. The second kappa shape index (κ2) is 3.74. The summed E-state index contributed by atoms with van der Waals surface area (Å²) in [7, 11) is -0.701. The molecule has 3 aromatic rings. The van der Waals surface area contributed by atoms with Gasteiger partial charge < -0.3 is 0 Å². The summed E-state index contributed by atoms with van der Waals surface area (Å²) in [4.78, 5) is 0. The standard InChI is InChI=1S/C13H8F3S/c14-7-17-12-3-1-8(15)5-10(12)11-6-9(16)2-4-13(11)17/h1-6H,7H2/q+1. The van der Waals surface area contributed by atoms with Crippen molar-refractivity contribution >= 4 is 30.6 Å². The van der Waals surface area contributed by atoms with Crippen LogP contribution in [-0.4, -0.2) is 0 Å². The number of hydrogen-bond acceptors (Lipinski definition) is 0. The Hall–Kier alpha value is -1.55. The van der Waals surface area contributed by atoms with Gasteiger partial charge in [0.15, 0.2) is 9.40 Å². The monoisotopic (exact) mass is 253 g/mol. The molecule has 0 unspecified atom stereocenters. The summed E-state index contributed by atoms with van der Waals surface area (Å²) in [5, 5.41) is 1.22. The molecule has 0 bridgehead atoms. The molecule has 0 N–H and O–H groups in total. The molecule has 0 atom stereocenters. The van der Waals surface area contributed by atoms with E-state index in [1.807, 2.05) is 0 Å². The van der Waals surface area contributed by atoms with Gasteiger partial charge in [-0.2, -0.15) is 4.39 Å². The highest BCUT2D eigenvalue weighted by molar-refractivity contribution is 7.42. The van der Waals surface area contributed by atoms with Gasteiger partial charge >= 0.3 is 0 Å². The normalized spacial score (nSPS) is 11.5. The van der Waals surface area contributed by atoms with Crippen molar-refractivity contribution in [3.8, 4) is 0 Å². The molecule has 0 saturated heterocycles. The van der Waals surface area contributed by atoms with E-state index in [-0.39, 0.29) is 11.6 Å². The maximum Gasteiger partial charge on any atom is 0.266 e. The molecule has 86 valence electrons. The maximum absolute atomic E-state index is 13.2. The van der Waals surface area contributed by atoms with Crippen LogP contribution < -0.4 is 0 Å². The van der Waals surface area contributed by atoms with E-state index in [1.165, 1.54) is 24.3 Å². The molecule has 0 fully saturated rings. The van der Waals surface area contributed by atoms with Crippen molar-refractivity contribution in [2.75, 3.05) is 0 Å². The number of alkyl halides is 1. The third kappa shape index (κ3) is 1.52. The SMILES string of the molecule is FC[s+]1c2ccc(F)cc2c2cc(F)ccc21. The third-order valence-corrected chi connectivity index (χ3v) is 4.81. The highest BCUT2D eigenvalue weighted by atomic mass is 32.2. The lowest BCUT2D eigenvalue weighted by Gasteiger charge is -1.88. The predicted octanol–water partition coefficient (Wildman–Crippen LogP) is 4.95. The van der Waals surface area contributed by atoms with E-state index < -0.39 is 16.5 Å². The van der Waals surface area contributed by atoms with Crippen LogP contribution in [0.15, 0.2) is 36.4 Å². The van der Waals surface area contributed by atoms with Gasteiger partial charge in [-0.15, -0.1) is 0 Å². The highest BCUT2D eigenvalue weighted by Gasteiger charge is 2.21. The summed E-state index contributed by atoms with van der Waals surface area (Å²) in [6.07, 6.45) is 0. The average molecular weight is 253 g/mol. The molecule has 1 aromatic heterocycles. The van der Waals surface area contributed by atoms with Gasteiger partial charge in [-0.05, 0) is 24.3 Å². The van der Waals surface area contributed by atoms with Crippen LogP contribution in [0, 0.1) is 11.6 Å². The van der Waals surface area contributed by atoms with Crippen molar-refractivity contribution in [2.24, 2.45) is 0 Å². The fraction of sp³-hybridized carbons (Fsp3) is 0.0769. The second-order valence-corrected chi connectivity index (χ2v) is 5.66. The van der Waals surface area contributed by atoms with Crippen molar-refractivity contribution < 1.29 is 13.2 Å². The summed E-state index contributed by atoms with van der Waals surface area (Å²) in [5.41, 5.74) is 0. The summed E-state index contributed by atoms with van der Waals surface area (Å²) in [5.74, 6) is -0.772. The average Bonchev–Trinajstić information content (AvgIpc) is 2.62. The van der Waals surface area contributed by atoms with Gasteiger partial charge in [0.2, 0.25) is 0 Å². The van der Waals surface area contributed by atoms with Gasteiger partial charge in [0.25, 0.3) is 6.01 Å². The van der Waals surface area contributed by atoms with E-state index >= 15 is 0 Å². The third-order valence-electron chi connectivity index (χ3n) is 2.81. The van der Waals surface area contributed by atoms with E-state index in [0.717, 1.165) is 9.40 Å². The molecule has 0 nitrogen and oxygen atoms in total. The van der Waals surface area contributed by atoms with Crippen LogP contribution in [0.3, 0.4) is 0 Å². The topological polar surface area (TPSA) is 0 Å². The van der Waals surface area contributed by atoms with Gasteiger partial charge in [0.1, 0.15) is 11.6 Å². The molecule has 0 aliphatic carbocycles. The lowest BCUT2D eigenvalue weighted by Crippen LogP contribution is -1.73. The van der Waals surface area contributed by atoms with Gasteiger partial charge in [0.05, 0.1) is 0 Å². The van der Waals surface area contributed by atoms with Crippen LogP contribution in [0.25, 0.3) is 20.2 Å². The molecule has 3 rings (SSSR count). The van der Waals surface area contributed by atoms with Crippen LogP contribution in [0.4, 0.5) is 13.2 Å². The first-order valence-electron chi connectivity index (χ1n) is 5.07. The lowest BCUT2D eigenvalue weighted by atomic mass is 10.1. The summed E-state index contributed by atoms with van der Waals surface area (Å²) in [6.45, 7) is 0. The van der Waals surface area contributed by atoms with Crippen molar-refractivity contribution in [3.05, 3.63) is 48.0 Å². The molecule has 0 aliphatic heterocycles. The van der Waals surface area contributed by atoms with E-state index in [4.69, 9.17) is 0 Å². The smallest absolute Gasteiger partial charge is 0.207 e. The fourth-order valence-electron chi connectivity index (χ4n) is 2.09. The van der Waals surface area contributed by atoms with Gasteiger partial charge in [-0.1, -0.05) is 0 Å². The number of halogens is 3. The summed E-state index contributed by atoms with van der Waals surface area (Å²) in [6, 6.07) is 7.97. The van der Waals surface area contributed by atoms with Crippen molar-refractivity contribution in [3.63, 3.8) is 0 Å². The van der Waals surface area contributed by atoms with Gasteiger partial charge in [0, 0.05) is 33.4 Å². The Bertz CT molecular complexity index is 656. The quantitative estimate of drug-likeness (QED) is 0.538. The first-order chi connectivity index (χ1) is 8.20. The van der Waals surface area contributed by atoms with E-state index in [9.17, 15) is 13.2 Å². The second-order valence-electron chi connectivity index (χ2n) is 3.78. The molecule has 1 heterocycles. The van der Waals surface area contributed by atoms with Crippen LogP contribution >= 0.6 is 10.5 Å². The Morgan fingerprint density at radius 2 is 1.29 bits per heavy atom. The van der Waals surface area contributed by atoms with Gasteiger partial charge in [-0.25, -0.2) is 8.78 Å². The molecule has 0 amide bonds. The largest absolute Gasteiger partial charge is 0.266 e. The molecule has 0 spiro atoms. The maximum atomic E-state index is 13.2. The Morgan fingerprint density at radius 1 is 0.824 bits per heavy atom. The van der Waals surface area contributed by atoms with Crippen LogP contribution in [0.1, 0.15) is 0 Å². The zero-order valence-electron chi connectivity index (χ0n) is 8.71. The minimum absolute atomic E-state index is 0.386. The number of rotatable bonds is 1. The van der Waals surface area contributed by atoms with Crippen LogP contribution in [0.2, 0.25) is 0 Å². The Balaban J connectivity index is 2.57. The highest BCUT2D eigenvalue weighted by Crippen LogP contribution is 2.43. The van der Waals surface area contributed by atoms with Crippen molar-refractivity contribution in [1.82, 2.24) is 0 Å². The van der Waals surface area contributed by atoms with E-state index in [0.29, 0.717) is 10.8 Å². The molecular weight excluding hydrogens is 245 g/mol. The van der Waals surface area contributed by atoms with Gasteiger partial charge in [-0.3, -0.25) is 0 Å². The lowest BCUT2D eigenvalue weighted by molar-refractivity contribution is 0.543. The number of hydrogen-bond donors (Lipinski definition) is 0. The van der Waals surface area contributed by atoms with E-state index in [2.05, 4.69) is 0 Å². The van der Waals surface area contributed by atoms with Crippen LogP contribution in [-0.2, 0) is 6.01 Å². The number of thiophene rings is 1. The molecule has 0 aliphatic rings. The zero-order chi connectivity index (χ0) is 12.0.